The lowest BCUT2D eigenvalue weighted by atomic mass is 9.54. The van der Waals surface area contributed by atoms with Gasteiger partial charge in [0.1, 0.15) is 119 Å². The van der Waals surface area contributed by atoms with Crippen molar-refractivity contribution in [3.05, 3.63) is 117 Å². The highest BCUT2D eigenvalue weighted by atomic mass is 35.5. The fourth-order valence-corrected chi connectivity index (χ4v) is 19.6. The average Bonchev–Trinajstić information content (AvgIpc) is 0.755. The second-order valence-corrected chi connectivity index (χ2v) is 39.7. The maximum Gasteiger partial charge on any atom is 0.408 e. The summed E-state index contributed by atoms with van der Waals surface area (Å²) in [7, 11) is 0. The first-order valence-corrected chi connectivity index (χ1v) is 46.4. The van der Waals surface area contributed by atoms with Crippen molar-refractivity contribution < 1.29 is 137 Å². The van der Waals surface area contributed by atoms with Crippen LogP contribution in [-0.4, -0.2) is 221 Å². The van der Waals surface area contributed by atoms with Crippen molar-refractivity contribution in [1.82, 2.24) is 58.5 Å². The molecule has 7 heterocycles. The van der Waals surface area contributed by atoms with Crippen LogP contribution in [-0.2, 0) is 62.0 Å². The molecule has 39 nitrogen and oxygen atoms in total. The van der Waals surface area contributed by atoms with Crippen LogP contribution in [0.5, 0.6) is 46.0 Å². The van der Waals surface area contributed by atoms with Crippen LogP contribution < -0.4 is 72.7 Å². The molecular weight excluding hydrogens is 1800 g/mol. The number of carbonyl (C=O) groups excluding carboxylic acids is 11. The molecule has 4 aliphatic carbocycles. The van der Waals surface area contributed by atoms with Crippen molar-refractivity contribution in [3.63, 3.8) is 0 Å². The smallest absolute Gasteiger partial charge is 0.408 e. The number of phenols is 3. The topological polar surface area (TPSA) is 576 Å². The molecule has 15 bridgehead atoms. The lowest BCUT2D eigenvalue weighted by Crippen LogP contribution is -2.66. The molecule has 18 atom stereocenters. The molecule has 41 heteroatoms. The fourth-order valence-electron chi connectivity index (χ4n) is 19.2. The molecule has 12 amide bonds. The van der Waals surface area contributed by atoms with Gasteiger partial charge in [-0.05, 0) is 212 Å². The Morgan fingerprint density at radius 3 is 1.83 bits per heavy atom. The van der Waals surface area contributed by atoms with Crippen LogP contribution in [0.1, 0.15) is 224 Å². The summed E-state index contributed by atoms with van der Waals surface area (Å²) in [6.45, 7) is 16.9. The van der Waals surface area contributed by atoms with Crippen LogP contribution in [0, 0.1) is 29.6 Å². The summed E-state index contributed by atoms with van der Waals surface area (Å²) in [6.07, 6.45) is -13.5. The van der Waals surface area contributed by atoms with E-state index in [4.69, 9.17) is 61.1 Å². The maximum atomic E-state index is 16.8. The molecule has 0 radical (unpaired) electrons. The number of nitrogens with one attached hydrogen (secondary N) is 11. The van der Waals surface area contributed by atoms with E-state index in [1.807, 2.05) is 6.92 Å². The van der Waals surface area contributed by atoms with Gasteiger partial charge in [-0.2, -0.15) is 0 Å². The predicted octanol–water partition coefficient (Wildman–Crippen LogP) is 7.53. The summed E-state index contributed by atoms with van der Waals surface area (Å²) >= 11 is 14.6. The fraction of sp³-hybridized carbons (Fsp3) is 0.564. The minimum absolute atomic E-state index is 0.0355. The maximum absolute atomic E-state index is 16.8. The molecule has 6 fully saturated rings. The summed E-state index contributed by atoms with van der Waals surface area (Å²) < 4.78 is 50.6. The number of phenolic OH excluding ortho intramolecular Hbond substituents is 3. The number of urea groups is 1. The molecule has 0 spiro atoms. The minimum Gasteiger partial charge on any atom is -0.508 e. The van der Waals surface area contributed by atoms with Crippen LogP contribution in [0.15, 0.2) is 78.9 Å². The zero-order valence-electron chi connectivity index (χ0n) is 76.6. The number of hydrogen-bond donors (Lipinski definition) is 20. The largest absolute Gasteiger partial charge is 0.508 e. The normalized spacial score (nSPS) is 29.1. The Morgan fingerprint density at radius 2 is 1.21 bits per heavy atom. The van der Waals surface area contributed by atoms with E-state index in [0.29, 0.717) is 24.7 Å². The molecule has 135 heavy (non-hydrogen) atoms. The first kappa shape index (κ1) is 101. The molecule has 16 rings (SSSR count). The Hall–Kier alpha value is -11.1. The van der Waals surface area contributed by atoms with Crippen LogP contribution in [0.4, 0.5) is 14.4 Å². The number of unbranched alkanes of at least 4 members (excludes halogenated alkanes) is 5. The number of hydrogen-bond acceptors (Lipinski definition) is 28. The van der Waals surface area contributed by atoms with Crippen LogP contribution >= 0.6 is 23.2 Å². The third-order valence-corrected chi connectivity index (χ3v) is 26.1. The Bertz CT molecular complexity index is 5260. The zero-order chi connectivity index (χ0) is 97.9. The van der Waals surface area contributed by atoms with Crippen LogP contribution in [0.3, 0.4) is 0 Å². The zero-order valence-corrected chi connectivity index (χ0v) is 78.1. The highest BCUT2D eigenvalue weighted by Gasteiger charge is 2.55. The molecular formula is C94H121Cl2N11O28. The third-order valence-electron chi connectivity index (χ3n) is 25.5. The molecule has 734 valence electrons. The first-order valence-electron chi connectivity index (χ1n) is 45.6. The third kappa shape index (κ3) is 24.1. The summed E-state index contributed by atoms with van der Waals surface area (Å²) in [5, 5.41) is 136. The number of benzene rings is 5. The number of halogens is 2. The van der Waals surface area contributed by atoms with Gasteiger partial charge in [-0.25, -0.2) is 14.4 Å². The van der Waals surface area contributed by atoms with Gasteiger partial charge in [0.25, 0.3) is 0 Å². The van der Waals surface area contributed by atoms with Crippen molar-refractivity contribution in [2.24, 2.45) is 29.6 Å². The summed E-state index contributed by atoms with van der Waals surface area (Å²) in [4.78, 5) is 167. The molecule has 2 saturated heterocycles. The number of alkyl carbamates (subject to hydrolysis) is 2. The first-order chi connectivity index (χ1) is 63.7. The molecule has 11 aliphatic rings. The Balaban J connectivity index is 1.01. The van der Waals surface area contributed by atoms with E-state index < -0.39 is 279 Å². The van der Waals surface area contributed by atoms with Gasteiger partial charge in [0, 0.05) is 36.2 Å². The summed E-state index contributed by atoms with van der Waals surface area (Å²) in [5.74, 6) is -14.9. The van der Waals surface area contributed by atoms with Crippen molar-refractivity contribution in [2.45, 2.75) is 293 Å². The number of aliphatic hydroxyl groups is 6. The van der Waals surface area contributed by atoms with Gasteiger partial charge < -0.3 is 137 Å². The minimum atomic E-state index is -2.48. The number of rotatable bonds is 22. The van der Waals surface area contributed by atoms with Crippen molar-refractivity contribution in [1.29, 1.82) is 0 Å². The van der Waals surface area contributed by atoms with E-state index >= 15 is 28.8 Å². The molecule has 5 aromatic carbocycles. The van der Waals surface area contributed by atoms with Crippen molar-refractivity contribution in [2.75, 3.05) is 13.2 Å². The molecule has 9 unspecified atom stereocenters. The van der Waals surface area contributed by atoms with Crippen LogP contribution in [0.2, 0.25) is 10.0 Å². The van der Waals surface area contributed by atoms with Gasteiger partial charge in [-0.3, -0.25) is 43.7 Å². The summed E-state index contributed by atoms with van der Waals surface area (Å²) in [5.41, 5.74) is -6.32. The highest BCUT2D eigenvalue weighted by molar-refractivity contribution is 6.32. The van der Waals surface area contributed by atoms with E-state index in [-0.39, 0.29) is 58.5 Å². The van der Waals surface area contributed by atoms with E-state index in [1.165, 1.54) is 26.0 Å². The molecule has 5 aromatic rings. The Labute approximate surface area is 788 Å². The van der Waals surface area contributed by atoms with Gasteiger partial charge in [-0.1, -0.05) is 94.3 Å². The average molecular weight is 1920 g/mol. The number of amides is 12. The van der Waals surface area contributed by atoms with Gasteiger partial charge in [0.15, 0.2) is 23.9 Å². The molecule has 0 aromatic heterocycles. The predicted molar refractivity (Wildman–Crippen MR) is 482 cm³/mol. The second kappa shape index (κ2) is 42.2. The van der Waals surface area contributed by atoms with Gasteiger partial charge in [0.2, 0.25) is 59.3 Å². The highest BCUT2D eigenvalue weighted by Crippen LogP contribution is 2.55. The molecule has 20 N–H and O–H groups in total. The quantitative estimate of drug-likeness (QED) is 0.0297. The molecule has 4 saturated carbocycles. The number of imide groups is 1. The number of carbonyl (C=O) groups is 11. The van der Waals surface area contributed by atoms with Crippen molar-refractivity contribution >= 4 is 88.7 Å². The Morgan fingerprint density at radius 1 is 0.622 bits per heavy atom. The van der Waals surface area contributed by atoms with E-state index in [0.717, 1.165) is 125 Å². The van der Waals surface area contributed by atoms with E-state index in [9.17, 15) is 69.9 Å². The van der Waals surface area contributed by atoms with Crippen molar-refractivity contribution in [3.8, 4) is 57.1 Å². The molecule has 7 aliphatic heterocycles. The number of aliphatic hydroxyl groups excluding tert-OH is 6. The monoisotopic (exact) mass is 1920 g/mol. The second-order valence-electron chi connectivity index (χ2n) is 38.8. The lowest BCUT2D eigenvalue weighted by molar-refractivity contribution is -0.334. The standard InChI is InChI=1S/C94H121Cl2N11O28/c1-12-13-14-15-16-17-24-97-89(125)100-65(112)38-57-82(119)102-70-50-34-62(129-60-22-19-46(32-54(60)95)74(113)72(86(123)98-57)105-81(118)56(25-41(2)3)99-90(126)134-92(5,6)7)78(133-88-79(77(116)76(115)64(40-108)131-88)132-66-39-94(11,80(117)42(4)128-66)107-91(127)135-93(8,9)10)63(35-50)130-61-23-20-47(33-55(61)96)75(114)73-87(124)104-71(85(122)101-68-48-27-43-26-44(29-48)30-49(68)28-43)53-36-51(109)37-59(111)67(53)52-31-45(18-21-58(52)110)69(83(120)106-73)103-84(70)121/h18-23,31-37,41-44,48-49,56-57,64,66,68-77,79-80,88,108-111,113-117H,12-17,24-30,38-40H2,1-11H3,(H,98,123)(H,99,126)(H,101,122)(H,102,119)(H,103,121)(H,104,124)(H,105,118)(H,106,120)(H,107,127)(H2,97,100,112,125)/t42?,43?,44?,48?,49?,56-,57+,64?,66?,68?,69-,70-,71+,72-,73+,74-,75-,76?,77?,79?,80?,88?,94?/m1/s1. The SMILES string of the molecule is CCCCCCCCNC(=O)NC(=O)C[C@@H]1NC(=O)[C@H](NC(=O)[C@@H](CC(C)C)NC(=O)OC(C)(C)C)[C@H](O)c2ccc(c(Cl)c2)Oc2cc3cc(c2OC2OC(CO)C(O)C(O)C2OC2CC(C)(NC(=O)OC(C)(C)C)C(O)C(C)O2)Oc2ccc(cc2Cl)[C@@H](O)[C@@H]2NC(=O)[C@H](NC(=O)[C@@H]3NC1=O)c1ccc(O)c(c1)-c1c(O)cc(O)cc1[C@@H](C(=O)NC1C3CC4CC(C3)CC1C4)NC2=O. The van der Waals surface area contributed by atoms with E-state index in [1.54, 1.807) is 55.4 Å². The lowest BCUT2D eigenvalue weighted by Gasteiger charge is -2.54. The number of ether oxygens (including phenoxy) is 8. The number of aromatic hydroxyl groups is 3. The van der Waals surface area contributed by atoms with Gasteiger partial charge in [0.05, 0.1) is 34.7 Å². The van der Waals surface area contributed by atoms with Gasteiger partial charge in [-0.15, -0.1) is 0 Å². The van der Waals surface area contributed by atoms with Gasteiger partial charge >= 0.3 is 18.2 Å². The van der Waals surface area contributed by atoms with Crippen LogP contribution in [0.25, 0.3) is 11.1 Å². The van der Waals surface area contributed by atoms with E-state index in [2.05, 4.69) is 58.5 Å². The number of fused-ring (bicyclic) bond motifs is 15. The summed E-state index contributed by atoms with van der Waals surface area (Å²) in [6, 6.07) is -2.52. The Kier molecular flexibility index (Phi) is 31.7.